The van der Waals surface area contributed by atoms with Gasteiger partial charge in [-0.1, -0.05) is 30.3 Å². The Hall–Kier alpha value is -3.66. The number of ether oxygens (including phenoxy) is 1. The molecular weight excluding hydrogens is 508 g/mol. The first-order chi connectivity index (χ1) is 15.6. The molecule has 5 nitrogen and oxygen atoms in total. The van der Waals surface area contributed by atoms with Crippen LogP contribution in [0.2, 0.25) is 0 Å². The number of alkyl halides is 3. The van der Waals surface area contributed by atoms with Crippen LogP contribution >= 0.6 is 15.9 Å². The highest BCUT2D eigenvalue weighted by molar-refractivity contribution is 9.10. The Bertz CT molecular complexity index is 1190. The smallest absolute Gasteiger partial charge is 0.406 e. The molecule has 170 valence electrons. The molecule has 0 unspecified atom stereocenters. The van der Waals surface area contributed by atoms with Crippen LogP contribution in [0.1, 0.15) is 15.9 Å². The van der Waals surface area contributed by atoms with Crippen LogP contribution < -0.4 is 15.4 Å². The highest BCUT2D eigenvalue weighted by Gasteiger charge is 2.31. The van der Waals surface area contributed by atoms with E-state index in [1.807, 2.05) is 0 Å². The Balaban J connectivity index is 1.86. The summed E-state index contributed by atoms with van der Waals surface area (Å²) in [6, 6.07) is 16.5. The number of hydrogen-bond donors (Lipinski definition) is 2. The highest BCUT2D eigenvalue weighted by atomic mass is 79.9. The molecule has 0 aliphatic heterocycles. The lowest BCUT2D eigenvalue weighted by Crippen LogP contribution is -2.31. The highest BCUT2D eigenvalue weighted by Crippen LogP contribution is 2.24. The van der Waals surface area contributed by atoms with Crippen LogP contribution in [0.25, 0.3) is 6.08 Å². The summed E-state index contributed by atoms with van der Waals surface area (Å²) < 4.78 is 55.4. The first-order valence-corrected chi connectivity index (χ1v) is 10.1. The maximum Gasteiger partial charge on any atom is 0.573 e. The average Bonchev–Trinajstić information content (AvgIpc) is 2.75. The molecule has 2 N–H and O–H groups in total. The second kappa shape index (κ2) is 10.3. The number of carbonyl (C=O) groups excluding carboxylic acids is 2. The van der Waals surface area contributed by atoms with Crippen LogP contribution in [0.3, 0.4) is 0 Å². The largest absolute Gasteiger partial charge is 0.573 e. The van der Waals surface area contributed by atoms with E-state index < -0.39 is 29.7 Å². The number of rotatable bonds is 6. The molecule has 0 aliphatic carbocycles. The monoisotopic (exact) mass is 522 g/mol. The van der Waals surface area contributed by atoms with Crippen molar-refractivity contribution in [2.45, 2.75) is 6.36 Å². The summed E-state index contributed by atoms with van der Waals surface area (Å²) >= 11 is 3.25. The fraction of sp³-hybridized carbons (Fsp3) is 0.0435. The zero-order valence-electron chi connectivity index (χ0n) is 16.6. The Kier molecular flexibility index (Phi) is 7.49. The molecule has 33 heavy (non-hydrogen) atoms. The van der Waals surface area contributed by atoms with Gasteiger partial charge in [-0.3, -0.25) is 9.59 Å². The molecule has 0 saturated heterocycles. The molecule has 0 bridgehead atoms. The van der Waals surface area contributed by atoms with E-state index in [0.29, 0.717) is 4.47 Å². The van der Waals surface area contributed by atoms with Gasteiger partial charge in [-0.2, -0.15) is 0 Å². The molecule has 10 heteroatoms. The van der Waals surface area contributed by atoms with Gasteiger partial charge < -0.3 is 15.4 Å². The SMILES string of the molecule is O=C(Nc1ccc(OC(F)(F)F)cc1)C(=Cc1ccccc1F)NC(=O)c1ccccc1Br. The van der Waals surface area contributed by atoms with Crippen LogP contribution in [0.4, 0.5) is 23.2 Å². The summed E-state index contributed by atoms with van der Waals surface area (Å²) in [5.41, 5.74) is 0.128. The predicted molar refractivity (Wildman–Crippen MR) is 118 cm³/mol. The van der Waals surface area contributed by atoms with Gasteiger partial charge in [0.15, 0.2) is 0 Å². The number of carbonyl (C=O) groups is 2. The second-order valence-electron chi connectivity index (χ2n) is 6.54. The maximum absolute atomic E-state index is 14.1. The number of benzene rings is 3. The summed E-state index contributed by atoms with van der Waals surface area (Å²) in [7, 11) is 0. The van der Waals surface area contributed by atoms with E-state index in [0.717, 1.165) is 18.2 Å². The standard InChI is InChI=1S/C23H15BrF4N2O3/c24-18-7-3-2-6-17(18)21(31)30-20(13-14-5-1-4-8-19(14)25)22(32)29-15-9-11-16(12-10-15)33-23(26,27)28/h1-13H,(H,29,32)(H,30,31). The third-order valence-electron chi connectivity index (χ3n) is 4.16. The molecule has 0 spiro atoms. The fourth-order valence-corrected chi connectivity index (χ4v) is 3.14. The van der Waals surface area contributed by atoms with Crippen molar-refractivity contribution in [2.75, 3.05) is 5.32 Å². The van der Waals surface area contributed by atoms with Crippen molar-refractivity contribution in [1.82, 2.24) is 5.32 Å². The maximum atomic E-state index is 14.1. The molecule has 0 heterocycles. The lowest BCUT2D eigenvalue weighted by atomic mass is 10.1. The summed E-state index contributed by atoms with van der Waals surface area (Å²) in [6.45, 7) is 0. The molecule has 0 radical (unpaired) electrons. The van der Waals surface area contributed by atoms with E-state index in [-0.39, 0.29) is 22.5 Å². The minimum absolute atomic E-state index is 0.0454. The minimum Gasteiger partial charge on any atom is -0.406 e. The number of nitrogens with one attached hydrogen (secondary N) is 2. The molecule has 3 rings (SSSR count). The van der Waals surface area contributed by atoms with Crippen LogP contribution in [0.15, 0.2) is 83.0 Å². The molecule has 0 aliphatic rings. The summed E-state index contributed by atoms with van der Waals surface area (Å²) in [4.78, 5) is 25.6. The van der Waals surface area contributed by atoms with Gasteiger partial charge >= 0.3 is 6.36 Å². The summed E-state index contributed by atoms with van der Waals surface area (Å²) in [5, 5.41) is 4.90. The first kappa shape index (κ1) is 24.0. The van der Waals surface area contributed by atoms with Gasteiger partial charge in [0.05, 0.1) is 5.56 Å². The van der Waals surface area contributed by atoms with Gasteiger partial charge in [0, 0.05) is 15.7 Å². The summed E-state index contributed by atoms with van der Waals surface area (Å²) in [6.07, 6.45) is -3.70. The lowest BCUT2D eigenvalue weighted by Gasteiger charge is -2.13. The van der Waals surface area contributed by atoms with E-state index in [2.05, 4.69) is 31.3 Å². The Morgan fingerprint density at radius 2 is 1.55 bits per heavy atom. The third-order valence-corrected chi connectivity index (χ3v) is 4.85. The Labute approximate surface area is 194 Å². The summed E-state index contributed by atoms with van der Waals surface area (Å²) in [5.74, 6) is -2.53. The molecular formula is C23H15BrF4N2O3. The zero-order chi connectivity index (χ0) is 24.0. The number of hydrogen-bond acceptors (Lipinski definition) is 3. The first-order valence-electron chi connectivity index (χ1n) is 9.31. The van der Waals surface area contributed by atoms with Crippen molar-refractivity contribution in [3.8, 4) is 5.75 Å². The third kappa shape index (κ3) is 6.91. The van der Waals surface area contributed by atoms with Gasteiger partial charge in [0.25, 0.3) is 11.8 Å². The van der Waals surface area contributed by atoms with Crippen molar-refractivity contribution in [3.05, 3.63) is 99.9 Å². The molecule has 0 atom stereocenters. The van der Waals surface area contributed by atoms with E-state index >= 15 is 0 Å². The van der Waals surface area contributed by atoms with Gasteiger partial charge in [0.1, 0.15) is 17.3 Å². The number of halogens is 5. The van der Waals surface area contributed by atoms with Gasteiger partial charge in [-0.15, -0.1) is 13.2 Å². The van der Waals surface area contributed by atoms with Crippen LogP contribution in [-0.4, -0.2) is 18.2 Å². The van der Waals surface area contributed by atoms with Crippen molar-refractivity contribution >= 4 is 39.5 Å². The van der Waals surface area contributed by atoms with Gasteiger partial charge in [-0.25, -0.2) is 4.39 Å². The van der Waals surface area contributed by atoms with E-state index in [4.69, 9.17) is 0 Å². The topological polar surface area (TPSA) is 67.4 Å². The fourth-order valence-electron chi connectivity index (χ4n) is 2.68. The van der Waals surface area contributed by atoms with Crippen molar-refractivity contribution in [2.24, 2.45) is 0 Å². The molecule has 3 aromatic carbocycles. The minimum atomic E-state index is -4.85. The van der Waals surface area contributed by atoms with Crippen LogP contribution in [0, 0.1) is 5.82 Å². The number of anilines is 1. The number of amides is 2. The van der Waals surface area contributed by atoms with Crippen molar-refractivity contribution in [1.29, 1.82) is 0 Å². The van der Waals surface area contributed by atoms with Gasteiger partial charge in [0.2, 0.25) is 0 Å². The average molecular weight is 523 g/mol. The lowest BCUT2D eigenvalue weighted by molar-refractivity contribution is -0.274. The quantitative estimate of drug-likeness (QED) is 0.313. The Morgan fingerprint density at radius 3 is 2.18 bits per heavy atom. The normalized spacial score (nSPS) is 11.6. The zero-order valence-corrected chi connectivity index (χ0v) is 18.2. The van der Waals surface area contributed by atoms with E-state index in [1.165, 1.54) is 36.4 Å². The molecule has 0 saturated carbocycles. The second-order valence-corrected chi connectivity index (χ2v) is 7.39. The molecule has 0 aromatic heterocycles. The van der Waals surface area contributed by atoms with Crippen molar-refractivity contribution in [3.63, 3.8) is 0 Å². The van der Waals surface area contributed by atoms with Crippen LogP contribution in [0.5, 0.6) is 5.75 Å². The van der Waals surface area contributed by atoms with E-state index in [1.54, 1.807) is 24.3 Å². The van der Waals surface area contributed by atoms with Crippen molar-refractivity contribution < 1.29 is 31.9 Å². The molecule has 2 amide bonds. The van der Waals surface area contributed by atoms with Gasteiger partial charge in [-0.05, 0) is 64.5 Å². The van der Waals surface area contributed by atoms with Crippen LogP contribution in [-0.2, 0) is 4.79 Å². The molecule has 0 fully saturated rings. The van der Waals surface area contributed by atoms with E-state index in [9.17, 15) is 27.2 Å². The Morgan fingerprint density at radius 1 is 0.909 bits per heavy atom. The predicted octanol–water partition coefficient (Wildman–Crippen LogP) is 5.90. The molecule has 3 aromatic rings.